The second kappa shape index (κ2) is 4.20. The van der Waals surface area contributed by atoms with Crippen LogP contribution in [0.2, 0.25) is 0 Å². The van der Waals surface area contributed by atoms with Gasteiger partial charge >= 0.3 is 0 Å². The molecule has 0 saturated carbocycles. The fraction of sp³-hybridized carbons (Fsp3) is 0.727. The summed E-state index contributed by atoms with van der Waals surface area (Å²) in [5.74, 6) is 0. The maximum absolute atomic E-state index is 6.20. The van der Waals surface area contributed by atoms with Gasteiger partial charge in [-0.05, 0) is 27.2 Å². The Kier molecular flexibility index (Phi) is 3.09. The monoisotopic (exact) mass is 225 g/mol. The molecule has 3 nitrogen and oxygen atoms in total. The average Bonchev–Trinajstić information content (AvgIpc) is 2.71. The van der Waals surface area contributed by atoms with E-state index < -0.39 is 0 Å². The molecule has 2 rings (SSSR count). The Morgan fingerprint density at radius 3 is 2.87 bits per heavy atom. The summed E-state index contributed by atoms with van der Waals surface area (Å²) >= 11 is 1.74. The van der Waals surface area contributed by atoms with Crippen molar-refractivity contribution < 1.29 is 0 Å². The van der Waals surface area contributed by atoms with Gasteiger partial charge in [-0.25, -0.2) is 4.98 Å². The maximum atomic E-state index is 6.20. The van der Waals surface area contributed by atoms with Gasteiger partial charge in [0.15, 0.2) is 0 Å². The lowest BCUT2D eigenvalue weighted by Gasteiger charge is -2.29. The number of aryl methyl sites for hydroxylation is 1. The zero-order valence-corrected chi connectivity index (χ0v) is 10.4. The van der Waals surface area contributed by atoms with Gasteiger partial charge in [-0.2, -0.15) is 0 Å². The third-order valence-corrected chi connectivity index (χ3v) is 4.20. The van der Waals surface area contributed by atoms with E-state index in [4.69, 9.17) is 5.73 Å². The Bertz CT molecular complexity index is 334. The summed E-state index contributed by atoms with van der Waals surface area (Å²) in [4.78, 5) is 8.17. The number of hydrogen-bond donors (Lipinski definition) is 1. The Morgan fingerprint density at radius 1 is 1.60 bits per heavy atom. The van der Waals surface area contributed by atoms with Crippen molar-refractivity contribution in [2.45, 2.75) is 45.3 Å². The molecule has 15 heavy (non-hydrogen) atoms. The van der Waals surface area contributed by atoms with Crippen molar-refractivity contribution in [3.05, 3.63) is 16.1 Å². The molecule has 84 valence electrons. The molecule has 1 aliphatic rings. The van der Waals surface area contributed by atoms with Crippen LogP contribution >= 0.6 is 11.3 Å². The summed E-state index contributed by atoms with van der Waals surface area (Å²) in [5.41, 5.74) is 9.28. The fourth-order valence-electron chi connectivity index (χ4n) is 2.36. The van der Waals surface area contributed by atoms with E-state index in [1.54, 1.807) is 11.3 Å². The van der Waals surface area contributed by atoms with Gasteiger partial charge in [0.25, 0.3) is 0 Å². The van der Waals surface area contributed by atoms with Crippen LogP contribution in [0.1, 0.15) is 36.9 Å². The molecule has 0 amide bonds. The number of aromatic nitrogens is 1. The van der Waals surface area contributed by atoms with Crippen molar-refractivity contribution in [1.82, 2.24) is 9.88 Å². The van der Waals surface area contributed by atoms with E-state index in [1.165, 1.54) is 4.88 Å². The largest absolute Gasteiger partial charge is 0.326 e. The molecule has 0 unspecified atom stereocenters. The quantitative estimate of drug-likeness (QED) is 0.836. The molecular weight excluding hydrogens is 206 g/mol. The van der Waals surface area contributed by atoms with Crippen molar-refractivity contribution in [3.8, 4) is 0 Å². The number of thiazole rings is 1. The molecule has 0 radical (unpaired) electrons. The van der Waals surface area contributed by atoms with Gasteiger partial charge in [0, 0.05) is 23.5 Å². The summed E-state index contributed by atoms with van der Waals surface area (Å²) < 4.78 is 0. The molecule has 0 bridgehead atoms. The Balaban J connectivity index is 2.29. The van der Waals surface area contributed by atoms with Crippen LogP contribution in [0.25, 0.3) is 0 Å². The van der Waals surface area contributed by atoms with Gasteiger partial charge < -0.3 is 5.73 Å². The average molecular weight is 225 g/mol. The van der Waals surface area contributed by atoms with Crippen molar-refractivity contribution in [1.29, 1.82) is 0 Å². The standard InChI is InChI=1S/C11H19N3S/c1-7(2)14-5-4-9(12)10(14)11-8(3)13-6-15-11/h6-7,9-10H,4-5,12H2,1-3H3/t9-,10-/m1/s1. The van der Waals surface area contributed by atoms with Crippen LogP contribution in [0.3, 0.4) is 0 Å². The van der Waals surface area contributed by atoms with E-state index >= 15 is 0 Å². The molecule has 4 heteroatoms. The Hall–Kier alpha value is -0.450. The Morgan fingerprint density at radius 2 is 2.33 bits per heavy atom. The molecule has 1 aliphatic heterocycles. The fourth-order valence-corrected chi connectivity index (χ4v) is 3.36. The van der Waals surface area contributed by atoms with Gasteiger partial charge in [-0.15, -0.1) is 11.3 Å². The molecule has 0 aromatic carbocycles. The zero-order valence-electron chi connectivity index (χ0n) is 9.60. The summed E-state index contributed by atoms with van der Waals surface area (Å²) in [7, 11) is 0. The number of nitrogens with two attached hydrogens (primary N) is 1. The third-order valence-electron chi connectivity index (χ3n) is 3.20. The molecule has 1 saturated heterocycles. The molecule has 0 aliphatic carbocycles. The Labute approximate surface area is 95.3 Å². The van der Waals surface area contributed by atoms with Crippen molar-refractivity contribution >= 4 is 11.3 Å². The van der Waals surface area contributed by atoms with Crippen LogP contribution in [0, 0.1) is 6.92 Å². The molecule has 1 aromatic heterocycles. The summed E-state index contributed by atoms with van der Waals surface area (Å²) in [6.07, 6.45) is 1.10. The summed E-state index contributed by atoms with van der Waals surface area (Å²) in [6.45, 7) is 7.67. The lowest BCUT2D eigenvalue weighted by atomic mass is 10.1. The van der Waals surface area contributed by atoms with Crippen molar-refractivity contribution in [2.75, 3.05) is 6.54 Å². The minimum atomic E-state index is 0.270. The van der Waals surface area contributed by atoms with Crippen molar-refractivity contribution in [2.24, 2.45) is 5.73 Å². The number of nitrogens with zero attached hydrogens (tertiary/aromatic N) is 2. The number of rotatable bonds is 2. The molecule has 2 heterocycles. The predicted octanol–water partition coefficient (Wildman–Crippen LogP) is 1.93. The molecular formula is C11H19N3S. The van der Waals surface area contributed by atoms with Crippen LogP contribution in [0.5, 0.6) is 0 Å². The first-order chi connectivity index (χ1) is 7.11. The highest BCUT2D eigenvalue weighted by Crippen LogP contribution is 2.36. The minimum absolute atomic E-state index is 0.270. The van der Waals surface area contributed by atoms with E-state index in [9.17, 15) is 0 Å². The number of likely N-dealkylation sites (tertiary alicyclic amines) is 1. The second-order valence-electron chi connectivity index (χ2n) is 4.53. The first-order valence-corrected chi connectivity index (χ1v) is 6.40. The van der Waals surface area contributed by atoms with Crippen LogP contribution in [-0.4, -0.2) is 28.5 Å². The SMILES string of the molecule is Cc1ncsc1[C@H]1[C@H](N)CCN1C(C)C. The summed E-state index contributed by atoms with van der Waals surface area (Å²) in [5, 5.41) is 0. The van der Waals surface area contributed by atoms with Gasteiger partial charge in [-0.1, -0.05) is 0 Å². The van der Waals surface area contributed by atoms with Gasteiger partial charge in [-0.3, -0.25) is 4.90 Å². The van der Waals surface area contributed by atoms with Gasteiger partial charge in [0.05, 0.1) is 17.2 Å². The third kappa shape index (κ3) is 1.94. The van der Waals surface area contributed by atoms with E-state index in [2.05, 4.69) is 30.7 Å². The smallest absolute Gasteiger partial charge is 0.0798 e. The molecule has 0 spiro atoms. The van der Waals surface area contributed by atoms with E-state index in [0.717, 1.165) is 18.7 Å². The van der Waals surface area contributed by atoms with E-state index in [-0.39, 0.29) is 6.04 Å². The lowest BCUT2D eigenvalue weighted by molar-refractivity contribution is 0.200. The second-order valence-corrected chi connectivity index (χ2v) is 5.42. The van der Waals surface area contributed by atoms with Crippen LogP contribution < -0.4 is 5.73 Å². The van der Waals surface area contributed by atoms with Crippen LogP contribution in [-0.2, 0) is 0 Å². The zero-order chi connectivity index (χ0) is 11.0. The van der Waals surface area contributed by atoms with Gasteiger partial charge in [0.1, 0.15) is 0 Å². The highest BCUT2D eigenvalue weighted by Gasteiger charge is 2.36. The first kappa shape index (κ1) is 11.0. The highest BCUT2D eigenvalue weighted by molar-refractivity contribution is 7.09. The summed E-state index contributed by atoms with van der Waals surface area (Å²) in [6, 6.07) is 1.22. The number of hydrogen-bond acceptors (Lipinski definition) is 4. The highest BCUT2D eigenvalue weighted by atomic mass is 32.1. The molecule has 1 aromatic rings. The van der Waals surface area contributed by atoms with E-state index in [0.29, 0.717) is 12.1 Å². The van der Waals surface area contributed by atoms with E-state index in [1.807, 2.05) is 5.51 Å². The topological polar surface area (TPSA) is 42.1 Å². The molecule has 2 atom stereocenters. The lowest BCUT2D eigenvalue weighted by Crippen LogP contribution is -2.35. The minimum Gasteiger partial charge on any atom is -0.326 e. The molecule has 1 fully saturated rings. The van der Waals surface area contributed by atoms with Crippen molar-refractivity contribution in [3.63, 3.8) is 0 Å². The first-order valence-electron chi connectivity index (χ1n) is 5.52. The molecule has 2 N–H and O–H groups in total. The van der Waals surface area contributed by atoms with Crippen LogP contribution in [0.4, 0.5) is 0 Å². The maximum Gasteiger partial charge on any atom is 0.0798 e. The van der Waals surface area contributed by atoms with Crippen LogP contribution in [0.15, 0.2) is 5.51 Å². The normalized spacial score (nSPS) is 27.8. The van der Waals surface area contributed by atoms with Gasteiger partial charge in [0.2, 0.25) is 0 Å². The predicted molar refractivity (Wildman–Crippen MR) is 64.0 cm³/mol.